The molecule has 0 radical (unpaired) electrons. The van der Waals surface area contributed by atoms with E-state index in [1.54, 1.807) is 18.5 Å². The fourth-order valence-electron chi connectivity index (χ4n) is 2.31. The molecule has 0 saturated heterocycles. The molecule has 1 amide bonds. The van der Waals surface area contributed by atoms with Gasteiger partial charge in [0.15, 0.2) is 0 Å². The number of amides is 1. The molecule has 0 aliphatic carbocycles. The number of pyridine rings is 1. The Morgan fingerprint density at radius 1 is 1.23 bits per heavy atom. The first-order chi connectivity index (χ1) is 10.6. The third-order valence-electron chi connectivity index (χ3n) is 3.30. The first-order valence-corrected chi connectivity index (χ1v) is 6.74. The molecule has 112 valence electrons. The summed E-state index contributed by atoms with van der Waals surface area (Å²) in [6.07, 6.45) is 3.57. The number of aromatic nitrogens is 2. The number of carbonyl (C=O) groups excluding carboxylic acids is 1. The number of hydrogen-bond donors (Lipinski definition) is 2. The van der Waals surface area contributed by atoms with Crippen LogP contribution in [0.4, 0.5) is 8.78 Å². The van der Waals surface area contributed by atoms with E-state index in [4.69, 9.17) is 0 Å². The van der Waals surface area contributed by atoms with E-state index in [2.05, 4.69) is 15.3 Å². The van der Waals surface area contributed by atoms with Gasteiger partial charge in [-0.1, -0.05) is 0 Å². The van der Waals surface area contributed by atoms with E-state index in [0.717, 1.165) is 22.7 Å². The van der Waals surface area contributed by atoms with Crippen LogP contribution < -0.4 is 5.32 Å². The topological polar surface area (TPSA) is 57.8 Å². The number of rotatable bonds is 4. The second kappa shape index (κ2) is 5.93. The van der Waals surface area contributed by atoms with Gasteiger partial charge in [-0.15, -0.1) is 0 Å². The van der Waals surface area contributed by atoms with Gasteiger partial charge < -0.3 is 10.3 Å². The Balaban J connectivity index is 1.65. The SMILES string of the molecule is O=C(Cc1c[nH]c2ncccc12)NCc1cc(F)cc(F)c1. The molecule has 3 rings (SSSR count). The Labute approximate surface area is 125 Å². The number of aromatic amines is 1. The average Bonchev–Trinajstić information content (AvgIpc) is 2.88. The molecule has 2 heterocycles. The lowest BCUT2D eigenvalue weighted by Gasteiger charge is -2.05. The number of H-pyrrole nitrogens is 1. The van der Waals surface area contributed by atoms with Crippen molar-refractivity contribution in [3.05, 3.63) is 65.5 Å². The molecule has 0 atom stereocenters. The van der Waals surface area contributed by atoms with Gasteiger partial charge in [0.1, 0.15) is 17.3 Å². The third kappa shape index (κ3) is 3.11. The summed E-state index contributed by atoms with van der Waals surface area (Å²) in [6, 6.07) is 6.86. The fourth-order valence-corrected chi connectivity index (χ4v) is 2.31. The van der Waals surface area contributed by atoms with Gasteiger partial charge in [0, 0.05) is 30.4 Å². The van der Waals surface area contributed by atoms with Crippen molar-refractivity contribution < 1.29 is 13.6 Å². The van der Waals surface area contributed by atoms with E-state index in [9.17, 15) is 13.6 Å². The van der Waals surface area contributed by atoms with Crippen molar-refractivity contribution in [2.24, 2.45) is 0 Å². The highest BCUT2D eigenvalue weighted by Crippen LogP contribution is 2.16. The van der Waals surface area contributed by atoms with Crippen LogP contribution in [0.25, 0.3) is 11.0 Å². The molecule has 6 heteroatoms. The van der Waals surface area contributed by atoms with Gasteiger partial charge in [-0.2, -0.15) is 0 Å². The average molecular weight is 301 g/mol. The van der Waals surface area contributed by atoms with Crippen LogP contribution in [0.15, 0.2) is 42.7 Å². The molecule has 0 bridgehead atoms. The maximum atomic E-state index is 13.1. The molecular formula is C16H13F2N3O. The van der Waals surface area contributed by atoms with Crippen LogP contribution in [0, 0.1) is 11.6 Å². The molecule has 0 unspecified atom stereocenters. The normalized spacial score (nSPS) is 10.8. The van der Waals surface area contributed by atoms with E-state index in [0.29, 0.717) is 5.56 Å². The molecular weight excluding hydrogens is 288 g/mol. The van der Waals surface area contributed by atoms with Crippen molar-refractivity contribution in [3.8, 4) is 0 Å². The smallest absolute Gasteiger partial charge is 0.224 e. The maximum absolute atomic E-state index is 13.1. The predicted molar refractivity (Wildman–Crippen MR) is 78.0 cm³/mol. The molecule has 0 aliphatic rings. The van der Waals surface area contributed by atoms with E-state index < -0.39 is 11.6 Å². The number of hydrogen-bond acceptors (Lipinski definition) is 2. The number of benzene rings is 1. The Morgan fingerprint density at radius 2 is 2.00 bits per heavy atom. The fraction of sp³-hybridized carbons (Fsp3) is 0.125. The Kier molecular flexibility index (Phi) is 3.82. The maximum Gasteiger partial charge on any atom is 0.224 e. The van der Waals surface area contributed by atoms with E-state index >= 15 is 0 Å². The van der Waals surface area contributed by atoms with Gasteiger partial charge in [0.2, 0.25) is 5.91 Å². The monoisotopic (exact) mass is 301 g/mol. The molecule has 0 fully saturated rings. The van der Waals surface area contributed by atoms with Gasteiger partial charge in [-0.05, 0) is 35.4 Å². The van der Waals surface area contributed by atoms with Gasteiger partial charge in [0.05, 0.1) is 6.42 Å². The van der Waals surface area contributed by atoms with E-state index in [-0.39, 0.29) is 18.9 Å². The minimum atomic E-state index is -0.660. The number of fused-ring (bicyclic) bond motifs is 1. The number of nitrogens with one attached hydrogen (secondary N) is 2. The van der Waals surface area contributed by atoms with Crippen molar-refractivity contribution in [1.82, 2.24) is 15.3 Å². The largest absolute Gasteiger partial charge is 0.352 e. The Hall–Kier alpha value is -2.76. The third-order valence-corrected chi connectivity index (χ3v) is 3.30. The number of nitrogens with zero attached hydrogens (tertiary/aromatic N) is 1. The molecule has 0 aliphatic heterocycles. The molecule has 22 heavy (non-hydrogen) atoms. The summed E-state index contributed by atoms with van der Waals surface area (Å²) >= 11 is 0. The molecule has 1 aromatic carbocycles. The first kappa shape index (κ1) is 14.2. The zero-order valence-corrected chi connectivity index (χ0v) is 11.6. The molecule has 0 saturated carbocycles. The van der Waals surface area contributed by atoms with E-state index in [1.807, 2.05) is 6.07 Å². The summed E-state index contributed by atoms with van der Waals surface area (Å²) < 4.78 is 26.1. The Bertz CT molecular complexity index is 809. The van der Waals surface area contributed by atoms with Crippen LogP contribution in [0.3, 0.4) is 0 Å². The summed E-state index contributed by atoms with van der Waals surface area (Å²) in [4.78, 5) is 19.1. The number of halogens is 2. The van der Waals surface area contributed by atoms with Crippen molar-refractivity contribution >= 4 is 16.9 Å². The zero-order valence-electron chi connectivity index (χ0n) is 11.6. The minimum absolute atomic E-state index is 0.0775. The molecule has 2 N–H and O–H groups in total. The van der Waals surface area contributed by atoms with E-state index in [1.165, 1.54) is 12.1 Å². The highest BCUT2D eigenvalue weighted by Gasteiger charge is 2.09. The van der Waals surface area contributed by atoms with Crippen LogP contribution >= 0.6 is 0 Å². The van der Waals surface area contributed by atoms with Crippen molar-refractivity contribution in [2.75, 3.05) is 0 Å². The standard InChI is InChI=1S/C16H13F2N3O/c17-12-4-10(5-13(18)7-12)8-20-15(22)6-11-9-21-16-14(11)2-1-3-19-16/h1-5,7,9H,6,8H2,(H,19,21)(H,20,22). The van der Waals surface area contributed by atoms with Gasteiger partial charge in [-0.3, -0.25) is 4.79 Å². The van der Waals surface area contributed by atoms with Crippen molar-refractivity contribution in [2.45, 2.75) is 13.0 Å². The van der Waals surface area contributed by atoms with Crippen LogP contribution in [0.5, 0.6) is 0 Å². The molecule has 2 aromatic heterocycles. The lowest BCUT2D eigenvalue weighted by Crippen LogP contribution is -2.24. The molecule has 4 nitrogen and oxygen atoms in total. The predicted octanol–water partition coefficient (Wildman–Crippen LogP) is 2.70. The second-order valence-corrected chi connectivity index (χ2v) is 4.94. The highest BCUT2D eigenvalue weighted by molar-refractivity contribution is 5.87. The quantitative estimate of drug-likeness (QED) is 0.778. The highest BCUT2D eigenvalue weighted by atomic mass is 19.1. The van der Waals surface area contributed by atoms with Gasteiger partial charge in [-0.25, -0.2) is 13.8 Å². The summed E-state index contributed by atoms with van der Waals surface area (Å²) in [5.41, 5.74) is 1.93. The first-order valence-electron chi connectivity index (χ1n) is 6.74. The Morgan fingerprint density at radius 3 is 2.77 bits per heavy atom. The van der Waals surface area contributed by atoms with Crippen molar-refractivity contribution in [3.63, 3.8) is 0 Å². The number of carbonyl (C=O) groups is 1. The summed E-state index contributed by atoms with van der Waals surface area (Å²) in [7, 11) is 0. The lowest BCUT2D eigenvalue weighted by molar-refractivity contribution is -0.120. The van der Waals surface area contributed by atoms with Crippen LogP contribution in [0.1, 0.15) is 11.1 Å². The van der Waals surface area contributed by atoms with Gasteiger partial charge in [0.25, 0.3) is 0 Å². The summed E-state index contributed by atoms with van der Waals surface area (Å²) in [5.74, 6) is -1.55. The van der Waals surface area contributed by atoms with Crippen LogP contribution in [-0.2, 0) is 17.8 Å². The van der Waals surface area contributed by atoms with Crippen molar-refractivity contribution in [1.29, 1.82) is 0 Å². The summed E-state index contributed by atoms with van der Waals surface area (Å²) in [5, 5.41) is 3.53. The lowest BCUT2D eigenvalue weighted by atomic mass is 10.1. The van der Waals surface area contributed by atoms with Crippen LogP contribution in [0.2, 0.25) is 0 Å². The molecule has 3 aromatic rings. The minimum Gasteiger partial charge on any atom is -0.352 e. The van der Waals surface area contributed by atoms with Gasteiger partial charge >= 0.3 is 0 Å². The zero-order chi connectivity index (χ0) is 15.5. The second-order valence-electron chi connectivity index (χ2n) is 4.94. The van der Waals surface area contributed by atoms with Crippen LogP contribution in [-0.4, -0.2) is 15.9 Å². The molecule has 0 spiro atoms. The summed E-state index contributed by atoms with van der Waals surface area (Å²) in [6.45, 7) is 0.0775.